The normalized spacial score (nSPS) is 11.1. The molecular formula is C44H32F6N8O8S2. The molecule has 2 amide bonds. The molecular weight excluding hydrogens is 947 g/mol. The Morgan fingerprint density at radius 1 is 0.559 bits per heavy atom. The number of aromatic nitrogens is 6. The number of ether oxygens (including phenoxy) is 2. The van der Waals surface area contributed by atoms with E-state index in [1.54, 1.807) is 24.3 Å². The van der Waals surface area contributed by atoms with Crippen LogP contribution < -0.4 is 20.1 Å². The van der Waals surface area contributed by atoms with Crippen molar-refractivity contribution >= 4 is 77.1 Å². The Morgan fingerprint density at radius 3 is 1.25 bits per heavy atom. The SMILES string of the molecule is CC(=O)Nc1nc2c(Oc3cc(-c4ccc(C(F)(F)F)cc4)ncn3)cccc2s1.CC(=O)Nc1nc2c(Oc3cc(-c4ccc(C(F)(F)F)cc4)ncn3)cccc2s1.O=C(O)CCC(=O)O. The summed E-state index contributed by atoms with van der Waals surface area (Å²) in [5.41, 5.74) is 1.46. The lowest BCUT2D eigenvalue weighted by molar-refractivity contribution is -0.143. The smallest absolute Gasteiger partial charge is 0.416 e. The Hall–Kier alpha value is -8.12. The summed E-state index contributed by atoms with van der Waals surface area (Å²) in [6.45, 7) is 2.79. The van der Waals surface area contributed by atoms with E-state index < -0.39 is 35.4 Å². The standard InChI is InChI=1S/2C20H13F3N4O2S.C4H6O4/c2*1-11(28)26-19-27-18-15(3-2-4-16(18)30-19)29-17-9-14(24-10-25-17)12-5-7-13(8-6-12)20(21,22)23;5-3(6)1-2-4(7)8/h2*2-10H,1H3,(H,26,27,28);1-2H2,(H,5,6)(H,7,8). The van der Waals surface area contributed by atoms with Gasteiger partial charge < -0.3 is 30.3 Å². The molecule has 0 aliphatic heterocycles. The van der Waals surface area contributed by atoms with Gasteiger partial charge >= 0.3 is 24.3 Å². The molecule has 0 radical (unpaired) electrons. The highest BCUT2D eigenvalue weighted by molar-refractivity contribution is 7.22. The van der Waals surface area contributed by atoms with Gasteiger partial charge in [-0.2, -0.15) is 26.3 Å². The minimum atomic E-state index is -4.40. The van der Waals surface area contributed by atoms with Crippen LogP contribution in [0.3, 0.4) is 0 Å². The number of para-hydroxylation sites is 2. The lowest BCUT2D eigenvalue weighted by Gasteiger charge is -2.09. The van der Waals surface area contributed by atoms with E-state index >= 15 is 0 Å². The van der Waals surface area contributed by atoms with Crippen LogP contribution in [-0.4, -0.2) is 63.9 Å². The molecule has 4 aromatic carbocycles. The molecule has 4 heterocycles. The quantitative estimate of drug-likeness (QED) is 0.0884. The summed E-state index contributed by atoms with van der Waals surface area (Å²) in [6.07, 6.45) is -6.86. The van der Waals surface area contributed by atoms with Crippen molar-refractivity contribution in [2.75, 3.05) is 10.6 Å². The Labute approximate surface area is 387 Å². The zero-order valence-corrected chi connectivity index (χ0v) is 36.6. The minimum Gasteiger partial charge on any atom is -0.481 e. The predicted molar refractivity (Wildman–Crippen MR) is 237 cm³/mol. The molecule has 24 heteroatoms. The number of alkyl halides is 6. The number of amides is 2. The Morgan fingerprint density at radius 2 is 0.926 bits per heavy atom. The third-order valence-corrected chi connectivity index (χ3v) is 10.5. The molecule has 0 bridgehead atoms. The number of thiazole rings is 2. The Balaban J connectivity index is 0.000000193. The molecule has 8 rings (SSSR count). The number of rotatable bonds is 11. The second-order valence-electron chi connectivity index (χ2n) is 13.7. The van der Waals surface area contributed by atoms with Gasteiger partial charge in [0.1, 0.15) is 23.7 Å². The van der Waals surface area contributed by atoms with Crippen molar-refractivity contribution in [3.8, 4) is 45.8 Å². The van der Waals surface area contributed by atoms with Gasteiger partial charge in [0.2, 0.25) is 23.6 Å². The molecule has 0 spiro atoms. The molecule has 68 heavy (non-hydrogen) atoms. The van der Waals surface area contributed by atoms with Crippen molar-refractivity contribution in [3.05, 3.63) is 121 Å². The van der Waals surface area contributed by atoms with Crippen LogP contribution >= 0.6 is 22.7 Å². The summed E-state index contributed by atoms with van der Waals surface area (Å²) in [5, 5.41) is 22.0. The fourth-order valence-electron chi connectivity index (χ4n) is 5.62. The maximum atomic E-state index is 12.8. The van der Waals surface area contributed by atoms with Gasteiger partial charge in [-0.25, -0.2) is 29.9 Å². The number of nitrogens with zero attached hydrogens (tertiary/aromatic N) is 6. The average Bonchev–Trinajstić information content (AvgIpc) is 3.90. The summed E-state index contributed by atoms with van der Waals surface area (Å²) in [5.74, 6) is -1.33. The largest absolute Gasteiger partial charge is 0.481 e. The lowest BCUT2D eigenvalue weighted by Crippen LogP contribution is -2.04. The van der Waals surface area contributed by atoms with Crippen LogP contribution in [0, 0.1) is 0 Å². The van der Waals surface area contributed by atoms with Gasteiger partial charge in [-0.3, -0.25) is 19.2 Å². The van der Waals surface area contributed by atoms with E-state index in [0.717, 1.165) is 33.7 Å². The summed E-state index contributed by atoms with van der Waals surface area (Å²) >= 11 is 2.61. The van der Waals surface area contributed by atoms with E-state index in [1.807, 2.05) is 12.1 Å². The Bertz CT molecular complexity index is 2890. The Kier molecular flexibility index (Phi) is 15.6. The average molecular weight is 979 g/mol. The highest BCUT2D eigenvalue weighted by atomic mass is 32.1. The minimum absolute atomic E-state index is 0.210. The van der Waals surface area contributed by atoms with Gasteiger partial charge in [-0.05, 0) is 48.5 Å². The predicted octanol–water partition coefficient (Wildman–Crippen LogP) is 11.0. The van der Waals surface area contributed by atoms with Crippen molar-refractivity contribution < 1.29 is 65.2 Å². The second-order valence-corrected chi connectivity index (χ2v) is 15.8. The fraction of sp³-hybridized carbons (Fsp3) is 0.136. The molecule has 0 aliphatic carbocycles. The number of nitrogens with one attached hydrogen (secondary N) is 2. The number of carbonyl (C=O) groups excluding carboxylic acids is 2. The van der Waals surface area contributed by atoms with Crippen LogP contribution in [0.1, 0.15) is 37.8 Å². The maximum Gasteiger partial charge on any atom is 0.416 e. The number of hydrogen-bond donors (Lipinski definition) is 4. The van der Waals surface area contributed by atoms with Gasteiger partial charge in [0.15, 0.2) is 21.8 Å². The molecule has 0 atom stereocenters. The molecule has 350 valence electrons. The number of carbonyl (C=O) groups is 4. The van der Waals surface area contributed by atoms with Crippen LogP contribution in [0.2, 0.25) is 0 Å². The maximum absolute atomic E-state index is 12.8. The first kappa shape index (κ1) is 49.3. The summed E-state index contributed by atoms with van der Waals surface area (Å²) < 4.78 is 89.9. The lowest BCUT2D eigenvalue weighted by atomic mass is 10.1. The molecule has 4 aromatic heterocycles. The van der Waals surface area contributed by atoms with Crippen LogP contribution in [0.4, 0.5) is 36.6 Å². The number of anilines is 2. The second kappa shape index (κ2) is 21.5. The van der Waals surface area contributed by atoms with Gasteiger partial charge in [-0.15, -0.1) is 0 Å². The third kappa shape index (κ3) is 13.7. The van der Waals surface area contributed by atoms with Crippen LogP contribution in [-0.2, 0) is 31.5 Å². The highest BCUT2D eigenvalue weighted by Crippen LogP contribution is 2.37. The zero-order chi connectivity index (χ0) is 49.2. The van der Waals surface area contributed by atoms with Crippen molar-refractivity contribution in [2.24, 2.45) is 0 Å². The van der Waals surface area contributed by atoms with E-state index in [1.165, 1.54) is 85.6 Å². The summed E-state index contributed by atoms with van der Waals surface area (Å²) in [4.78, 5) is 66.9. The monoisotopic (exact) mass is 978 g/mol. The van der Waals surface area contributed by atoms with Gasteiger partial charge in [0.05, 0.1) is 44.8 Å². The van der Waals surface area contributed by atoms with E-state index in [4.69, 9.17) is 19.7 Å². The number of hydrogen-bond acceptors (Lipinski definition) is 14. The van der Waals surface area contributed by atoms with E-state index in [-0.39, 0.29) is 36.4 Å². The van der Waals surface area contributed by atoms with Crippen molar-refractivity contribution in [2.45, 2.75) is 39.0 Å². The molecule has 0 saturated carbocycles. The summed E-state index contributed by atoms with van der Waals surface area (Å²) in [7, 11) is 0. The van der Waals surface area contributed by atoms with E-state index in [9.17, 15) is 45.5 Å². The zero-order valence-electron chi connectivity index (χ0n) is 34.9. The first-order valence-corrected chi connectivity index (χ1v) is 21.0. The van der Waals surface area contributed by atoms with Crippen molar-refractivity contribution in [1.82, 2.24) is 29.9 Å². The molecule has 8 aromatic rings. The number of aliphatic carboxylic acids is 2. The summed E-state index contributed by atoms with van der Waals surface area (Å²) in [6, 6.07) is 23.1. The van der Waals surface area contributed by atoms with Crippen LogP contribution in [0.15, 0.2) is 110 Å². The van der Waals surface area contributed by atoms with Gasteiger partial charge in [0.25, 0.3) is 0 Å². The van der Waals surface area contributed by atoms with Crippen molar-refractivity contribution in [3.63, 3.8) is 0 Å². The number of benzene rings is 4. The molecule has 0 fully saturated rings. The highest BCUT2D eigenvalue weighted by Gasteiger charge is 2.31. The van der Waals surface area contributed by atoms with Crippen LogP contribution in [0.5, 0.6) is 23.3 Å². The third-order valence-electron chi connectivity index (χ3n) is 8.61. The number of carboxylic acid groups (broad SMARTS) is 2. The first-order valence-electron chi connectivity index (χ1n) is 19.3. The molecule has 0 saturated heterocycles. The van der Waals surface area contributed by atoms with E-state index in [0.29, 0.717) is 55.3 Å². The van der Waals surface area contributed by atoms with E-state index in [2.05, 4.69) is 40.5 Å². The number of halogens is 6. The molecule has 0 unspecified atom stereocenters. The topological polar surface area (TPSA) is 229 Å². The van der Waals surface area contributed by atoms with Gasteiger partial charge in [0, 0.05) is 37.1 Å². The molecule has 16 nitrogen and oxygen atoms in total. The fourth-order valence-corrected chi connectivity index (χ4v) is 7.48. The number of fused-ring (bicyclic) bond motifs is 2. The van der Waals surface area contributed by atoms with Crippen LogP contribution in [0.25, 0.3) is 42.9 Å². The first-order chi connectivity index (χ1) is 32.2. The molecule has 4 N–H and O–H groups in total. The van der Waals surface area contributed by atoms with Gasteiger partial charge in [-0.1, -0.05) is 59.1 Å². The number of carboxylic acids is 2. The molecule has 0 aliphatic rings. The van der Waals surface area contributed by atoms with Crippen molar-refractivity contribution in [1.29, 1.82) is 0 Å².